The van der Waals surface area contributed by atoms with Crippen molar-refractivity contribution in [3.05, 3.63) is 63.3 Å². The van der Waals surface area contributed by atoms with Crippen molar-refractivity contribution in [3.8, 4) is 10.6 Å². The van der Waals surface area contributed by atoms with E-state index in [0.29, 0.717) is 10.8 Å². The number of esters is 1. The van der Waals surface area contributed by atoms with Gasteiger partial charge in [-0.2, -0.15) is 0 Å². The fraction of sp³-hybridized carbons (Fsp3) is 0.222. The minimum Gasteiger partial charge on any atom is -0.455 e. The van der Waals surface area contributed by atoms with Gasteiger partial charge in [0.15, 0.2) is 0 Å². The van der Waals surface area contributed by atoms with Crippen LogP contribution < -0.4 is 0 Å². The van der Waals surface area contributed by atoms with Gasteiger partial charge in [0, 0.05) is 10.9 Å². The van der Waals surface area contributed by atoms with Crippen molar-refractivity contribution in [1.82, 2.24) is 4.98 Å². The van der Waals surface area contributed by atoms with Crippen molar-refractivity contribution in [2.75, 3.05) is 0 Å². The number of rotatable bonds is 5. The molecule has 3 rings (SSSR count). The second-order valence-corrected chi connectivity index (χ2v) is 7.28. The molecule has 0 atom stereocenters. The molecular weight excluding hydrogens is 326 g/mol. The zero-order valence-electron chi connectivity index (χ0n) is 13.0. The zero-order valence-corrected chi connectivity index (χ0v) is 14.6. The molecule has 0 radical (unpaired) electrons. The van der Waals surface area contributed by atoms with Crippen LogP contribution in [0.5, 0.6) is 0 Å². The molecule has 0 saturated heterocycles. The third-order valence-corrected chi connectivity index (χ3v) is 5.24. The number of ether oxygens (including phenoxy) is 1. The molecule has 3 nitrogen and oxygen atoms in total. The molecule has 0 fully saturated rings. The minimum absolute atomic E-state index is 0.206. The van der Waals surface area contributed by atoms with E-state index < -0.39 is 0 Å². The molecule has 5 heteroatoms. The predicted octanol–water partition coefficient (Wildman–Crippen LogP) is 5.35. The SMILES string of the molecule is CC(C)c1ccc(-c2nc(COC(=O)c3cccs3)cs2)cc1. The van der Waals surface area contributed by atoms with Crippen LogP contribution in [-0.2, 0) is 11.3 Å². The number of hydrogen-bond acceptors (Lipinski definition) is 5. The summed E-state index contributed by atoms with van der Waals surface area (Å²) in [4.78, 5) is 17.0. The summed E-state index contributed by atoms with van der Waals surface area (Å²) in [7, 11) is 0. The Morgan fingerprint density at radius 3 is 2.61 bits per heavy atom. The quantitative estimate of drug-likeness (QED) is 0.586. The van der Waals surface area contributed by atoms with Gasteiger partial charge in [0.05, 0.1) is 5.69 Å². The molecule has 0 aliphatic carbocycles. The van der Waals surface area contributed by atoms with Crippen molar-refractivity contribution in [2.24, 2.45) is 0 Å². The average Bonchev–Trinajstić information content (AvgIpc) is 3.24. The average molecular weight is 343 g/mol. The second-order valence-electron chi connectivity index (χ2n) is 5.47. The summed E-state index contributed by atoms with van der Waals surface area (Å²) in [6.07, 6.45) is 0. The van der Waals surface area contributed by atoms with Gasteiger partial charge >= 0.3 is 5.97 Å². The second kappa shape index (κ2) is 7.06. The highest BCUT2D eigenvalue weighted by molar-refractivity contribution is 7.13. The molecule has 0 aliphatic heterocycles. The Morgan fingerprint density at radius 1 is 1.17 bits per heavy atom. The lowest BCUT2D eigenvalue weighted by Gasteiger charge is -2.05. The molecule has 0 bridgehead atoms. The Balaban J connectivity index is 1.64. The molecule has 0 spiro atoms. The summed E-state index contributed by atoms with van der Waals surface area (Å²) in [5.41, 5.74) is 3.19. The number of carbonyl (C=O) groups excluding carboxylic acids is 1. The van der Waals surface area contributed by atoms with Crippen LogP contribution in [0.2, 0.25) is 0 Å². The molecule has 1 aromatic carbocycles. The maximum Gasteiger partial charge on any atom is 0.348 e. The monoisotopic (exact) mass is 343 g/mol. The van der Waals surface area contributed by atoms with Crippen LogP contribution in [0.15, 0.2) is 47.2 Å². The van der Waals surface area contributed by atoms with E-state index in [1.54, 1.807) is 17.4 Å². The molecule has 0 amide bonds. The van der Waals surface area contributed by atoms with Crippen molar-refractivity contribution in [2.45, 2.75) is 26.4 Å². The fourth-order valence-corrected chi connectivity index (χ4v) is 3.55. The highest BCUT2D eigenvalue weighted by Gasteiger charge is 2.10. The predicted molar refractivity (Wildman–Crippen MR) is 95.1 cm³/mol. The summed E-state index contributed by atoms with van der Waals surface area (Å²) < 4.78 is 5.29. The van der Waals surface area contributed by atoms with Gasteiger partial charge in [-0.3, -0.25) is 0 Å². The Labute approximate surface area is 143 Å². The maximum absolute atomic E-state index is 11.8. The molecule has 2 heterocycles. The molecular formula is C18H17NO2S2. The highest BCUT2D eigenvalue weighted by atomic mass is 32.1. The lowest BCUT2D eigenvalue weighted by atomic mass is 10.0. The standard InChI is InChI=1S/C18H17NO2S2/c1-12(2)13-5-7-14(8-6-13)17-19-15(11-23-17)10-21-18(20)16-4-3-9-22-16/h3-9,11-12H,10H2,1-2H3. The number of thiazole rings is 1. The Bertz CT molecular complexity index is 774. The van der Waals surface area contributed by atoms with Crippen molar-refractivity contribution in [1.29, 1.82) is 0 Å². The van der Waals surface area contributed by atoms with Crippen molar-refractivity contribution >= 4 is 28.6 Å². The van der Waals surface area contributed by atoms with Gasteiger partial charge in [-0.1, -0.05) is 44.2 Å². The lowest BCUT2D eigenvalue weighted by Crippen LogP contribution is -2.03. The van der Waals surface area contributed by atoms with Gasteiger partial charge in [0.25, 0.3) is 0 Å². The third-order valence-electron chi connectivity index (χ3n) is 3.45. The summed E-state index contributed by atoms with van der Waals surface area (Å²) in [5, 5.41) is 4.74. The molecule has 23 heavy (non-hydrogen) atoms. The van der Waals surface area contributed by atoms with E-state index in [1.807, 2.05) is 16.8 Å². The minimum atomic E-state index is -0.296. The van der Waals surface area contributed by atoms with Crippen molar-refractivity contribution in [3.63, 3.8) is 0 Å². The van der Waals surface area contributed by atoms with E-state index >= 15 is 0 Å². The molecule has 0 saturated carbocycles. The van der Waals surface area contributed by atoms with Gasteiger partial charge < -0.3 is 4.74 Å². The number of thiophene rings is 1. The highest BCUT2D eigenvalue weighted by Crippen LogP contribution is 2.26. The molecule has 3 aromatic rings. The van der Waals surface area contributed by atoms with Gasteiger partial charge in [0.1, 0.15) is 16.5 Å². The van der Waals surface area contributed by atoms with Crippen LogP contribution in [0.4, 0.5) is 0 Å². The Hall–Kier alpha value is -1.98. The largest absolute Gasteiger partial charge is 0.455 e. The fourth-order valence-electron chi connectivity index (χ4n) is 2.12. The Morgan fingerprint density at radius 2 is 1.96 bits per heavy atom. The van der Waals surface area contributed by atoms with Gasteiger partial charge in [-0.25, -0.2) is 9.78 Å². The van der Waals surface area contributed by atoms with E-state index in [4.69, 9.17) is 4.74 Å². The van der Waals surface area contributed by atoms with E-state index in [2.05, 4.69) is 43.1 Å². The molecule has 0 unspecified atom stereocenters. The summed E-state index contributed by atoms with van der Waals surface area (Å²) in [6.45, 7) is 4.56. The number of nitrogens with zero attached hydrogens (tertiary/aromatic N) is 1. The maximum atomic E-state index is 11.8. The van der Waals surface area contributed by atoms with Crippen LogP contribution in [-0.4, -0.2) is 11.0 Å². The van der Waals surface area contributed by atoms with Crippen LogP contribution >= 0.6 is 22.7 Å². The third kappa shape index (κ3) is 3.86. The molecule has 118 valence electrons. The normalized spacial score (nSPS) is 10.9. The van der Waals surface area contributed by atoms with Gasteiger partial charge in [-0.15, -0.1) is 22.7 Å². The van der Waals surface area contributed by atoms with Gasteiger partial charge in [0.2, 0.25) is 0 Å². The van der Waals surface area contributed by atoms with E-state index in [0.717, 1.165) is 16.3 Å². The van der Waals surface area contributed by atoms with E-state index in [9.17, 15) is 4.79 Å². The number of aromatic nitrogens is 1. The first-order chi connectivity index (χ1) is 11.1. The molecule has 0 N–H and O–H groups in total. The topological polar surface area (TPSA) is 39.2 Å². The van der Waals surface area contributed by atoms with E-state index in [1.165, 1.54) is 16.9 Å². The summed E-state index contributed by atoms with van der Waals surface area (Å²) in [6, 6.07) is 12.1. The Kier molecular flexibility index (Phi) is 4.88. The number of benzene rings is 1. The first-order valence-electron chi connectivity index (χ1n) is 7.39. The first-order valence-corrected chi connectivity index (χ1v) is 9.15. The van der Waals surface area contributed by atoms with Crippen LogP contribution in [0.25, 0.3) is 10.6 Å². The van der Waals surface area contributed by atoms with Crippen molar-refractivity contribution < 1.29 is 9.53 Å². The lowest BCUT2D eigenvalue weighted by molar-refractivity contribution is 0.0474. The van der Waals surface area contributed by atoms with Gasteiger partial charge in [-0.05, 0) is 22.9 Å². The molecule has 0 aliphatic rings. The van der Waals surface area contributed by atoms with Crippen LogP contribution in [0.3, 0.4) is 0 Å². The number of hydrogen-bond donors (Lipinski definition) is 0. The zero-order chi connectivity index (χ0) is 16.2. The first kappa shape index (κ1) is 15.9. The van der Waals surface area contributed by atoms with Crippen LogP contribution in [0, 0.1) is 0 Å². The van der Waals surface area contributed by atoms with Crippen LogP contribution in [0.1, 0.15) is 40.7 Å². The number of carbonyl (C=O) groups is 1. The smallest absolute Gasteiger partial charge is 0.348 e. The molecule has 2 aromatic heterocycles. The van der Waals surface area contributed by atoms with E-state index in [-0.39, 0.29) is 12.6 Å². The summed E-state index contributed by atoms with van der Waals surface area (Å²) >= 11 is 2.95. The summed E-state index contributed by atoms with van der Waals surface area (Å²) in [5.74, 6) is 0.225.